The van der Waals surface area contributed by atoms with Crippen molar-refractivity contribution >= 4 is 60.5 Å². The fourth-order valence-corrected chi connectivity index (χ4v) is 6.48. The zero-order valence-electron chi connectivity index (χ0n) is 15.7. The molecule has 4 bridgehead atoms. The van der Waals surface area contributed by atoms with Crippen LogP contribution in [0.2, 0.25) is 4.34 Å². The lowest BCUT2D eigenvalue weighted by Gasteiger charge is -2.14. The lowest BCUT2D eigenvalue weighted by atomic mass is 10.0. The van der Waals surface area contributed by atoms with E-state index in [9.17, 15) is 18.5 Å². The predicted molar refractivity (Wildman–Crippen MR) is 120 cm³/mol. The molecule has 3 aromatic rings. The second-order valence-corrected chi connectivity index (χ2v) is 10.6. The van der Waals surface area contributed by atoms with Crippen molar-refractivity contribution in [1.82, 2.24) is 0 Å². The second kappa shape index (κ2) is 8.16. The van der Waals surface area contributed by atoms with Gasteiger partial charge in [-0.3, -0.25) is 4.72 Å². The van der Waals surface area contributed by atoms with Crippen molar-refractivity contribution in [3.05, 3.63) is 61.9 Å². The van der Waals surface area contributed by atoms with Crippen LogP contribution in [0.4, 0.5) is 5.69 Å². The van der Waals surface area contributed by atoms with Gasteiger partial charge in [-0.25, -0.2) is 13.2 Å². The molecule has 1 aromatic heterocycles. The molecule has 0 saturated carbocycles. The first-order valence-electron chi connectivity index (χ1n) is 8.63. The number of rotatable bonds is 1. The number of fused-ring (bicyclic) bond motifs is 6. The molecule has 2 heterocycles. The minimum absolute atomic E-state index is 0.0266. The van der Waals surface area contributed by atoms with Crippen LogP contribution < -0.4 is 9.46 Å². The minimum Gasteiger partial charge on any atom is -0.494 e. The third-order valence-electron chi connectivity index (χ3n) is 4.53. The number of nitrogens with one attached hydrogen (secondary N) is 1. The van der Waals surface area contributed by atoms with Crippen LogP contribution in [-0.4, -0.2) is 21.5 Å². The third kappa shape index (κ3) is 4.02. The number of ether oxygens (including phenoxy) is 2. The molecular formula is C20H12BrClN2O5S2. The highest BCUT2D eigenvalue weighted by Crippen LogP contribution is 2.42. The van der Waals surface area contributed by atoms with Crippen molar-refractivity contribution in [2.75, 3.05) is 11.8 Å². The van der Waals surface area contributed by atoms with Gasteiger partial charge in [0.15, 0.2) is 5.75 Å². The van der Waals surface area contributed by atoms with E-state index in [4.69, 9.17) is 21.1 Å². The number of sulfonamides is 1. The monoisotopic (exact) mass is 538 g/mol. The summed E-state index contributed by atoms with van der Waals surface area (Å²) >= 11 is 10.7. The normalized spacial score (nSPS) is 14.6. The SMILES string of the molecule is COc1c(Br)cc2cc1S(=O)(=O)Nc1cc(sc1Cl)-c1cc(C#N)ccc1COC2=O. The number of benzene rings is 2. The molecule has 0 radical (unpaired) electrons. The molecule has 158 valence electrons. The Labute approximate surface area is 195 Å². The van der Waals surface area contributed by atoms with E-state index in [-0.39, 0.29) is 37.3 Å². The van der Waals surface area contributed by atoms with Crippen LogP contribution in [0.15, 0.2) is 45.8 Å². The highest BCUT2D eigenvalue weighted by atomic mass is 79.9. The number of methoxy groups -OCH3 is 1. The van der Waals surface area contributed by atoms with Gasteiger partial charge >= 0.3 is 5.97 Å². The van der Waals surface area contributed by atoms with Gasteiger partial charge < -0.3 is 9.47 Å². The molecule has 4 rings (SSSR count). The van der Waals surface area contributed by atoms with Crippen LogP contribution in [0.3, 0.4) is 0 Å². The van der Waals surface area contributed by atoms with E-state index >= 15 is 0 Å². The number of halogens is 2. The van der Waals surface area contributed by atoms with Gasteiger partial charge in [0.05, 0.1) is 34.5 Å². The standard InChI is InChI=1S/C20H12BrClN2O5S2/c1-28-18-14(21)5-12-6-17(18)31(26,27)24-15-7-16(30-19(15)22)13-4-10(8-23)2-3-11(13)9-29-20(12)25/h2-7,24H,9H2,1H3. The number of hydrogen-bond donors (Lipinski definition) is 1. The smallest absolute Gasteiger partial charge is 0.338 e. The maximum atomic E-state index is 13.1. The Hall–Kier alpha value is -2.58. The van der Waals surface area contributed by atoms with E-state index in [0.29, 0.717) is 21.6 Å². The number of carbonyl (C=O) groups excluding carboxylic acids is 1. The van der Waals surface area contributed by atoms with Gasteiger partial charge in [-0.1, -0.05) is 17.7 Å². The van der Waals surface area contributed by atoms with Gasteiger partial charge in [0.1, 0.15) is 15.8 Å². The average Bonchev–Trinajstić information content (AvgIpc) is 3.10. The molecule has 0 aliphatic carbocycles. The van der Waals surface area contributed by atoms with Crippen molar-refractivity contribution in [2.24, 2.45) is 0 Å². The predicted octanol–water partition coefficient (Wildman–Crippen LogP) is 5.18. The van der Waals surface area contributed by atoms with Crippen LogP contribution >= 0.6 is 38.9 Å². The van der Waals surface area contributed by atoms with Gasteiger partial charge in [0.25, 0.3) is 10.0 Å². The average molecular weight is 540 g/mol. The van der Waals surface area contributed by atoms with Crippen molar-refractivity contribution in [1.29, 1.82) is 5.26 Å². The summed E-state index contributed by atoms with van der Waals surface area (Å²) in [5.74, 6) is -0.675. The summed E-state index contributed by atoms with van der Waals surface area (Å²) in [7, 11) is -2.85. The summed E-state index contributed by atoms with van der Waals surface area (Å²) in [5, 5.41) is 9.27. The largest absolute Gasteiger partial charge is 0.494 e. The lowest BCUT2D eigenvalue weighted by molar-refractivity contribution is 0.0473. The van der Waals surface area contributed by atoms with Gasteiger partial charge in [-0.05, 0) is 57.4 Å². The second-order valence-electron chi connectivity index (χ2n) is 6.45. The number of cyclic esters (lactones) is 1. The van der Waals surface area contributed by atoms with Crippen molar-refractivity contribution in [2.45, 2.75) is 11.5 Å². The summed E-state index contributed by atoms with van der Waals surface area (Å²) < 4.78 is 39.9. The summed E-state index contributed by atoms with van der Waals surface area (Å²) in [6, 6.07) is 11.2. The number of nitriles is 1. The first kappa shape index (κ1) is 21.6. The molecule has 7 nitrogen and oxygen atoms in total. The van der Waals surface area contributed by atoms with Crippen LogP contribution in [0.5, 0.6) is 5.75 Å². The molecule has 31 heavy (non-hydrogen) atoms. The summed E-state index contributed by atoms with van der Waals surface area (Å²) in [6.07, 6.45) is 0. The fraction of sp³-hybridized carbons (Fsp3) is 0.100. The molecule has 1 aliphatic heterocycles. The molecular weight excluding hydrogens is 528 g/mol. The van der Waals surface area contributed by atoms with E-state index in [1.807, 2.05) is 0 Å². The van der Waals surface area contributed by atoms with Crippen molar-refractivity contribution < 1.29 is 22.7 Å². The van der Waals surface area contributed by atoms with Gasteiger partial charge in [0.2, 0.25) is 0 Å². The number of carbonyl (C=O) groups is 1. The Morgan fingerprint density at radius 2 is 2.06 bits per heavy atom. The molecule has 2 aromatic carbocycles. The van der Waals surface area contributed by atoms with E-state index in [1.165, 1.54) is 19.2 Å². The van der Waals surface area contributed by atoms with E-state index in [0.717, 1.165) is 11.3 Å². The van der Waals surface area contributed by atoms with Crippen molar-refractivity contribution in [3.63, 3.8) is 0 Å². The van der Waals surface area contributed by atoms with E-state index < -0.39 is 16.0 Å². The summed E-state index contributed by atoms with van der Waals surface area (Å²) in [6.45, 7) is -0.0795. The topological polar surface area (TPSA) is 105 Å². The summed E-state index contributed by atoms with van der Waals surface area (Å²) in [5.41, 5.74) is 1.87. The van der Waals surface area contributed by atoms with Crippen molar-refractivity contribution in [3.8, 4) is 22.3 Å². The molecule has 0 spiro atoms. The van der Waals surface area contributed by atoms with Crippen LogP contribution in [0.25, 0.3) is 10.4 Å². The fourth-order valence-electron chi connectivity index (χ4n) is 3.08. The Kier molecular flexibility index (Phi) is 5.70. The Morgan fingerprint density at radius 3 is 2.77 bits per heavy atom. The van der Waals surface area contributed by atoms with E-state index in [1.54, 1.807) is 24.3 Å². The quantitative estimate of drug-likeness (QED) is 0.427. The molecule has 1 N–H and O–H groups in total. The number of esters is 1. The van der Waals surface area contributed by atoms with Crippen LogP contribution in [-0.2, 0) is 21.4 Å². The highest BCUT2D eigenvalue weighted by Gasteiger charge is 2.27. The molecule has 0 amide bonds. The minimum atomic E-state index is -4.17. The molecule has 0 fully saturated rings. The Balaban J connectivity index is 1.97. The number of hydrogen-bond acceptors (Lipinski definition) is 7. The number of nitrogens with zero attached hydrogens (tertiary/aromatic N) is 1. The maximum absolute atomic E-state index is 13.1. The van der Waals surface area contributed by atoms with Crippen LogP contribution in [0.1, 0.15) is 21.5 Å². The summed E-state index contributed by atoms with van der Waals surface area (Å²) in [4.78, 5) is 13.1. The zero-order chi connectivity index (χ0) is 22.3. The lowest BCUT2D eigenvalue weighted by Crippen LogP contribution is -2.15. The first-order chi connectivity index (χ1) is 14.7. The van der Waals surface area contributed by atoms with Gasteiger partial charge in [0, 0.05) is 4.88 Å². The molecule has 11 heteroatoms. The van der Waals surface area contributed by atoms with Gasteiger partial charge in [-0.15, -0.1) is 11.3 Å². The Morgan fingerprint density at radius 1 is 1.29 bits per heavy atom. The number of thiophene rings is 1. The zero-order valence-corrected chi connectivity index (χ0v) is 19.7. The Bertz CT molecular complexity index is 1380. The van der Waals surface area contributed by atoms with Crippen LogP contribution in [0, 0.1) is 11.3 Å². The third-order valence-corrected chi connectivity index (χ3v) is 7.88. The molecule has 0 saturated heterocycles. The molecule has 0 atom stereocenters. The maximum Gasteiger partial charge on any atom is 0.338 e. The first-order valence-corrected chi connectivity index (χ1v) is 12.1. The highest BCUT2D eigenvalue weighted by molar-refractivity contribution is 9.10. The number of anilines is 1. The molecule has 0 unspecified atom stereocenters. The van der Waals surface area contributed by atoms with Gasteiger partial charge in [-0.2, -0.15) is 5.26 Å². The van der Waals surface area contributed by atoms with E-state index in [2.05, 4.69) is 26.7 Å². The molecule has 1 aliphatic rings.